The molecule has 2 heterocycles. The number of nitrogens with zero attached hydrogens (tertiary/aromatic N) is 4. The van der Waals surface area contributed by atoms with Gasteiger partial charge >= 0.3 is 0 Å². The van der Waals surface area contributed by atoms with Crippen molar-refractivity contribution >= 4 is 39.9 Å². The van der Waals surface area contributed by atoms with Gasteiger partial charge in [-0.05, 0) is 12.1 Å². The molecule has 0 N–H and O–H groups in total. The first-order valence-electron chi connectivity index (χ1n) is 4.31. The first-order valence-corrected chi connectivity index (χ1v) is 5.06. The molecule has 0 unspecified atom stereocenters. The summed E-state index contributed by atoms with van der Waals surface area (Å²) in [6, 6.07) is 2.77. The molecule has 0 aliphatic rings. The van der Waals surface area contributed by atoms with Crippen LogP contribution in [0.4, 0.5) is 4.39 Å². The maximum Gasteiger partial charge on any atom is 0.198 e. The SMILES string of the molecule is Fc1cc(Cl)cc2c1nc(Cl)c1nncn12. The lowest BCUT2D eigenvalue weighted by Gasteiger charge is -2.03. The summed E-state index contributed by atoms with van der Waals surface area (Å²) in [5, 5.41) is 7.86. The van der Waals surface area contributed by atoms with Crippen molar-refractivity contribution in [3.63, 3.8) is 0 Å². The summed E-state index contributed by atoms with van der Waals surface area (Å²) in [7, 11) is 0. The molecule has 0 saturated carbocycles. The van der Waals surface area contributed by atoms with Gasteiger partial charge in [0.2, 0.25) is 0 Å². The Hall–Kier alpha value is -1.46. The molecule has 7 heteroatoms. The van der Waals surface area contributed by atoms with Crippen molar-refractivity contribution < 1.29 is 4.39 Å². The van der Waals surface area contributed by atoms with E-state index in [-0.39, 0.29) is 15.7 Å². The summed E-state index contributed by atoms with van der Waals surface area (Å²) in [4.78, 5) is 3.93. The van der Waals surface area contributed by atoms with Crippen molar-refractivity contribution in [2.45, 2.75) is 0 Å². The normalized spacial score (nSPS) is 11.4. The van der Waals surface area contributed by atoms with E-state index in [1.165, 1.54) is 12.4 Å². The lowest BCUT2D eigenvalue weighted by molar-refractivity contribution is 0.636. The highest BCUT2D eigenvalue weighted by Crippen LogP contribution is 2.25. The Labute approximate surface area is 98.6 Å². The first-order chi connectivity index (χ1) is 7.66. The summed E-state index contributed by atoms with van der Waals surface area (Å²) in [6.45, 7) is 0. The van der Waals surface area contributed by atoms with Crippen LogP contribution in [0.5, 0.6) is 0 Å². The second-order valence-corrected chi connectivity index (χ2v) is 3.98. The standard InChI is InChI=1S/C9H3Cl2FN4/c10-4-1-5(12)7-6(2-4)16-3-13-15-9(16)8(11)14-7/h1-3H. The van der Waals surface area contributed by atoms with Crippen LogP contribution in [0.15, 0.2) is 18.5 Å². The van der Waals surface area contributed by atoms with Crippen molar-refractivity contribution in [3.05, 3.63) is 34.5 Å². The van der Waals surface area contributed by atoms with Gasteiger partial charge in [-0.1, -0.05) is 23.2 Å². The second kappa shape index (κ2) is 3.26. The fourth-order valence-corrected chi connectivity index (χ4v) is 1.96. The van der Waals surface area contributed by atoms with Gasteiger partial charge < -0.3 is 0 Å². The third-order valence-corrected chi connectivity index (χ3v) is 2.68. The minimum Gasteiger partial charge on any atom is -0.277 e. The average Bonchev–Trinajstić information content (AvgIpc) is 2.69. The van der Waals surface area contributed by atoms with Crippen molar-refractivity contribution in [2.75, 3.05) is 0 Å². The second-order valence-electron chi connectivity index (χ2n) is 3.18. The van der Waals surface area contributed by atoms with Crippen LogP contribution in [-0.4, -0.2) is 19.6 Å². The van der Waals surface area contributed by atoms with Crippen LogP contribution < -0.4 is 0 Å². The van der Waals surface area contributed by atoms with Gasteiger partial charge in [0.05, 0.1) is 5.52 Å². The Bertz CT molecular complexity index is 709. The van der Waals surface area contributed by atoms with Crippen molar-refractivity contribution in [2.24, 2.45) is 0 Å². The van der Waals surface area contributed by atoms with Crippen LogP contribution in [0.1, 0.15) is 0 Å². The highest BCUT2D eigenvalue weighted by Gasteiger charge is 2.12. The van der Waals surface area contributed by atoms with Crippen molar-refractivity contribution in [3.8, 4) is 0 Å². The number of hydrogen-bond acceptors (Lipinski definition) is 3. The molecule has 3 rings (SSSR count). The minimum absolute atomic E-state index is 0.103. The van der Waals surface area contributed by atoms with E-state index in [0.29, 0.717) is 11.2 Å². The lowest BCUT2D eigenvalue weighted by atomic mass is 10.3. The fourth-order valence-electron chi connectivity index (χ4n) is 1.55. The van der Waals surface area contributed by atoms with Gasteiger partial charge in [-0.15, -0.1) is 10.2 Å². The summed E-state index contributed by atoms with van der Waals surface area (Å²) in [5.41, 5.74) is 0.993. The molecule has 0 saturated heterocycles. The molecule has 4 nitrogen and oxygen atoms in total. The maximum absolute atomic E-state index is 13.6. The molecule has 3 aromatic rings. The van der Waals surface area contributed by atoms with E-state index in [0.717, 1.165) is 0 Å². The number of benzene rings is 1. The van der Waals surface area contributed by atoms with Crippen LogP contribution in [0, 0.1) is 5.82 Å². The van der Waals surface area contributed by atoms with Crippen LogP contribution in [0.3, 0.4) is 0 Å². The molecule has 0 bridgehead atoms. The maximum atomic E-state index is 13.6. The smallest absolute Gasteiger partial charge is 0.198 e. The third kappa shape index (κ3) is 1.25. The first kappa shape index (κ1) is 9.74. The van der Waals surface area contributed by atoms with Gasteiger partial charge in [-0.2, -0.15) is 0 Å². The predicted octanol–water partition coefficient (Wildman–Crippen LogP) is 2.72. The molecule has 1 aromatic carbocycles. The van der Waals surface area contributed by atoms with Crippen molar-refractivity contribution in [1.29, 1.82) is 0 Å². The van der Waals surface area contributed by atoms with E-state index >= 15 is 0 Å². The van der Waals surface area contributed by atoms with Crippen LogP contribution in [0.25, 0.3) is 16.7 Å². The van der Waals surface area contributed by atoms with Crippen LogP contribution in [-0.2, 0) is 0 Å². The largest absolute Gasteiger partial charge is 0.277 e. The van der Waals surface area contributed by atoms with Gasteiger partial charge in [-0.3, -0.25) is 4.40 Å². The van der Waals surface area contributed by atoms with Gasteiger partial charge in [0.15, 0.2) is 16.6 Å². The monoisotopic (exact) mass is 256 g/mol. The fraction of sp³-hybridized carbons (Fsp3) is 0. The molecular weight excluding hydrogens is 254 g/mol. The molecule has 16 heavy (non-hydrogen) atoms. The zero-order valence-electron chi connectivity index (χ0n) is 7.65. The van der Waals surface area contributed by atoms with E-state index < -0.39 is 5.82 Å². The summed E-state index contributed by atoms with van der Waals surface area (Å²) < 4.78 is 15.1. The molecule has 0 fully saturated rings. The van der Waals surface area contributed by atoms with Crippen LogP contribution in [0.2, 0.25) is 10.2 Å². The van der Waals surface area contributed by atoms with E-state index in [4.69, 9.17) is 23.2 Å². The summed E-state index contributed by atoms with van der Waals surface area (Å²) in [6.07, 6.45) is 1.43. The zero-order valence-corrected chi connectivity index (χ0v) is 9.17. The van der Waals surface area contributed by atoms with E-state index in [9.17, 15) is 4.39 Å². The molecular formula is C9H3Cl2FN4. The van der Waals surface area contributed by atoms with Crippen LogP contribution >= 0.6 is 23.2 Å². The molecule has 0 radical (unpaired) electrons. The molecule has 0 amide bonds. The molecule has 0 spiro atoms. The Balaban J connectivity index is 2.64. The number of hydrogen-bond donors (Lipinski definition) is 0. The highest BCUT2D eigenvalue weighted by atomic mass is 35.5. The number of halogens is 3. The van der Waals surface area contributed by atoms with Gasteiger partial charge in [0.1, 0.15) is 11.8 Å². The van der Waals surface area contributed by atoms with Gasteiger partial charge in [0.25, 0.3) is 0 Å². The minimum atomic E-state index is -0.528. The third-order valence-electron chi connectivity index (χ3n) is 2.21. The van der Waals surface area contributed by atoms with Crippen molar-refractivity contribution in [1.82, 2.24) is 19.6 Å². The Morgan fingerprint density at radius 2 is 2.06 bits per heavy atom. The Morgan fingerprint density at radius 1 is 1.25 bits per heavy atom. The molecule has 80 valence electrons. The average molecular weight is 257 g/mol. The van der Waals surface area contributed by atoms with E-state index in [2.05, 4.69) is 15.2 Å². The molecule has 0 aliphatic carbocycles. The number of aromatic nitrogens is 4. The lowest BCUT2D eigenvalue weighted by Crippen LogP contribution is -1.94. The van der Waals surface area contributed by atoms with E-state index in [1.54, 1.807) is 10.5 Å². The summed E-state index contributed by atoms with van der Waals surface area (Å²) >= 11 is 11.6. The molecule has 0 aliphatic heterocycles. The summed E-state index contributed by atoms with van der Waals surface area (Å²) in [5.74, 6) is -0.528. The van der Waals surface area contributed by atoms with E-state index in [1.807, 2.05) is 0 Å². The Morgan fingerprint density at radius 3 is 2.88 bits per heavy atom. The quantitative estimate of drug-likeness (QED) is 0.621. The van der Waals surface area contributed by atoms with Gasteiger partial charge in [-0.25, -0.2) is 9.37 Å². The molecule has 2 aromatic heterocycles. The van der Waals surface area contributed by atoms with Gasteiger partial charge in [0, 0.05) is 5.02 Å². The zero-order chi connectivity index (χ0) is 11.3. The molecule has 0 atom stereocenters. The number of fused-ring (bicyclic) bond motifs is 3. The topological polar surface area (TPSA) is 43.1 Å². The number of rotatable bonds is 0. The Kier molecular flexibility index (Phi) is 1.99. The predicted molar refractivity (Wildman–Crippen MR) is 58.3 cm³/mol. The highest BCUT2D eigenvalue weighted by molar-refractivity contribution is 6.33.